The number of nitrogens with zero attached hydrogens (tertiary/aromatic N) is 2. The van der Waals surface area contributed by atoms with Gasteiger partial charge in [0.25, 0.3) is 0 Å². The summed E-state index contributed by atoms with van der Waals surface area (Å²) in [5.74, 6) is 0.0923. The van der Waals surface area contributed by atoms with Gasteiger partial charge < -0.3 is 9.80 Å². The summed E-state index contributed by atoms with van der Waals surface area (Å²) >= 11 is 0. The van der Waals surface area contributed by atoms with Gasteiger partial charge in [-0.1, -0.05) is 18.2 Å². The Bertz CT molecular complexity index is 989. The number of fused-ring (bicyclic) bond motifs is 1. The topological polar surface area (TPSA) is 69.7 Å². The van der Waals surface area contributed by atoms with E-state index in [-0.39, 0.29) is 10.8 Å². The van der Waals surface area contributed by atoms with Gasteiger partial charge in [-0.15, -0.1) is 0 Å². The van der Waals surface area contributed by atoms with E-state index in [0.717, 1.165) is 24.9 Å². The van der Waals surface area contributed by atoms with Crippen LogP contribution >= 0.6 is 0 Å². The number of sulfonamides is 1. The minimum Gasteiger partial charge on any atom is -0.367 e. The van der Waals surface area contributed by atoms with Crippen LogP contribution in [0, 0.1) is 0 Å². The molecule has 0 bridgehead atoms. The van der Waals surface area contributed by atoms with E-state index < -0.39 is 10.0 Å². The molecule has 0 saturated carbocycles. The average Bonchev–Trinajstić information content (AvgIpc) is 3.15. The number of anilines is 2. The first kappa shape index (κ1) is 19.9. The molecule has 6 nitrogen and oxygen atoms in total. The van der Waals surface area contributed by atoms with Gasteiger partial charge in [0.15, 0.2) is 0 Å². The standard InChI is InChI=1S/C22H27N3O3S/c1-17-8-9-18-5-2-3-6-21(18)24(17)16-14-23-29(27,28)20-12-10-19(11-13-20)25-15-4-7-22(25)26/h2-3,5-6,10-13,17,23H,4,7-9,14-16H2,1H3/t17-/m1/s1. The van der Waals surface area contributed by atoms with E-state index in [0.29, 0.717) is 32.1 Å². The number of carbonyl (C=O) groups is 1. The monoisotopic (exact) mass is 413 g/mol. The summed E-state index contributed by atoms with van der Waals surface area (Å²) in [7, 11) is -3.59. The van der Waals surface area contributed by atoms with E-state index in [1.54, 1.807) is 29.2 Å². The van der Waals surface area contributed by atoms with Crippen LogP contribution in [-0.2, 0) is 21.2 Å². The minimum absolute atomic E-state index is 0.0923. The van der Waals surface area contributed by atoms with Crippen molar-refractivity contribution in [2.24, 2.45) is 0 Å². The first-order valence-corrected chi connectivity index (χ1v) is 11.7. The predicted octanol–water partition coefficient (Wildman–Crippen LogP) is 2.93. The fraction of sp³-hybridized carbons (Fsp3) is 0.409. The van der Waals surface area contributed by atoms with Crippen molar-refractivity contribution in [1.29, 1.82) is 0 Å². The molecule has 1 fully saturated rings. The molecule has 29 heavy (non-hydrogen) atoms. The van der Waals surface area contributed by atoms with Crippen LogP contribution in [0.1, 0.15) is 31.7 Å². The van der Waals surface area contributed by atoms with Crippen LogP contribution in [0.15, 0.2) is 53.4 Å². The lowest BCUT2D eigenvalue weighted by Gasteiger charge is -2.37. The van der Waals surface area contributed by atoms with Gasteiger partial charge in [0.05, 0.1) is 4.90 Å². The average molecular weight is 414 g/mol. The molecule has 2 aliphatic heterocycles. The highest BCUT2D eigenvalue weighted by atomic mass is 32.2. The summed E-state index contributed by atoms with van der Waals surface area (Å²) in [4.78, 5) is 16.1. The van der Waals surface area contributed by atoms with Gasteiger partial charge >= 0.3 is 0 Å². The van der Waals surface area contributed by atoms with Gasteiger partial charge in [-0.05, 0) is 62.1 Å². The van der Waals surface area contributed by atoms with Crippen LogP contribution in [0.3, 0.4) is 0 Å². The lowest BCUT2D eigenvalue weighted by atomic mass is 9.97. The summed E-state index contributed by atoms with van der Waals surface area (Å²) in [5.41, 5.74) is 3.27. The van der Waals surface area contributed by atoms with E-state index in [2.05, 4.69) is 34.7 Å². The van der Waals surface area contributed by atoms with E-state index >= 15 is 0 Å². The lowest BCUT2D eigenvalue weighted by molar-refractivity contribution is -0.117. The number of rotatable bonds is 6. The Labute approximate surface area is 172 Å². The zero-order chi connectivity index (χ0) is 20.4. The molecule has 0 aromatic heterocycles. The minimum atomic E-state index is -3.59. The van der Waals surface area contributed by atoms with Gasteiger partial charge in [0, 0.05) is 43.5 Å². The number of aryl methyl sites for hydroxylation is 1. The van der Waals surface area contributed by atoms with Crippen LogP contribution in [0.2, 0.25) is 0 Å². The van der Waals surface area contributed by atoms with Crippen LogP contribution in [-0.4, -0.2) is 40.0 Å². The third-order valence-corrected chi connectivity index (χ3v) is 7.32. The van der Waals surface area contributed by atoms with Crippen LogP contribution in [0.25, 0.3) is 0 Å². The highest BCUT2D eigenvalue weighted by Gasteiger charge is 2.24. The molecule has 1 saturated heterocycles. The molecule has 2 aromatic rings. The lowest BCUT2D eigenvalue weighted by Crippen LogP contribution is -2.42. The fourth-order valence-corrected chi connectivity index (χ4v) is 5.23. The molecule has 7 heteroatoms. The van der Waals surface area contributed by atoms with Gasteiger partial charge in [-0.2, -0.15) is 0 Å². The Morgan fingerprint density at radius 2 is 1.83 bits per heavy atom. The summed E-state index contributed by atoms with van der Waals surface area (Å²) in [6.45, 7) is 3.84. The molecular weight excluding hydrogens is 386 g/mol. The Balaban J connectivity index is 1.40. The van der Waals surface area contributed by atoms with Crippen LogP contribution in [0.4, 0.5) is 11.4 Å². The highest BCUT2D eigenvalue weighted by Crippen LogP contribution is 2.30. The predicted molar refractivity (Wildman–Crippen MR) is 115 cm³/mol. The summed E-state index contributed by atoms with van der Waals surface area (Å²) < 4.78 is 28.1. The largest absolute Gasteiger partial charge is 0.367 e. The molecule has 4 rings (SSSR count). The maximum absolute atomic E-state index is 12.7. The molecule has 0 aliphatic carbocycles. The Hall–Kier alpha value is -2.38. The van der Waals surface area contributed by atoms with Crippen molar-refractivity contribution < 1.29 is 13.2 Å². The Kier molecular flexibility index (Phi) is 5.61. The molecule has 2 heterocycles. The van der Waals surface area contributed by atoms with Crippen molar-refractivity contribution in [3.63, 3.8) is 0 Å². The quantitative estimate of drug-likeness (QED) is 0.791. The van der Waals surface area contributed by atoms with Gasteiger partial charge in [0.1, 0.15) is 0 Å². The fourth-order valence-electron chi connectivity index (χ4n) is 4.21. The molecule has 2 aromatic carbocycles. The molecule has 1 atom stereocenters. The smallest absolute Gasteiger partial charge is 0.240 e. The molecular formula is C22H27N3O3S. The van der Waals surface area contributed by atoms with Gasteiger partial charge in [-0.3, -0.25) is 4.79 Å². The second-order valence-corrected chi connectivity index (χ2v) is 9.52. The third kappa shape index (κ3) is 4.16. The Morgan fingerprint density at radius 3 is 2.55 bits per heavy atom. The van der Waals surface area contributed by atoms with Crippen molar-refractivity contribution >= 4 is 27.3 Å². The SMILES string of the molecule is C[C@@H]1CCc2ccccc2N1CCNS(=O)(=O)c1ccc(N2CCCC2=O)cc1. The Morgan fingerprint density at radius 1 is 1.07 bits per heavy atom. The van der Waals surface area contributed by atoms with Crippen molar-refractivity contribution in [1.82, 2.24) is 4.72 Å². The summed E-state index contributed by atoms with van der Waals surface area (Å²) in [6.07, 6.45) is 3.53. The van der Waals surface area contributed by atoms with E-state index in [4.69, 9.17) is 0 Å². The van der Waals surface area contributed by atoms with Crippen molar-refractivity contribution in [2.75, 3.05) is 29.4 Å². The first-order valence-electron chi connectivity index (χ1n) is 10.2. The summed E-state index contributed by atoms with van der Waals surface area (Å²) in [5, 5.41) is 0. The normalized spacial score (nSPS) is 19.5. The third-order valence-electron chi connectivity index (χ3n) is 5.84. The molecule has 0 radical (unpaired) electrons. The maximum atomic E-state index is 12.7. The molecule has 1 N–H and O–H groups in total. The number of carbonyl (C=O) groups excluding carboxylic acids is 1. The highest BCUT2D eigenvalue weighted by molar-refractivity contribution is 7.89. The zero-order valence-electron chi connectivity index (χ0n) is 16.7. The number of hydrogen-bond donors (Lipinski definition) is 1. The van der Waals surface area contributed by atoms with E-state index in [1.807, 2.05) is 6.07 Å². The van der Waals surface area contributed by atoms with E-state index in [9.17, 15) is 13.2 Å². The molecule has 154 valence electrons. The number of para-hydroxylation sites is 1. The molecule has 0 unspecified atom stereocenters. The van der Waals surface area contributed by atoms with Gasteiger partial charge in [0.2, 0.25) is 15.9 Å². The second-order valence-electron chi connectivity index (χ2n) is 7.75. The maximum Gasteiger partial charge on any atom is 0.240 e. The molecule has 2 aliphatic rings. The second kappa shape index (κ2) is 8.16. The zero-order valence-corrected chi connectivity index (χ0v) is 17.5. The van der Waals surface area contributed by atoms with Crippen molar-refractivity contribution in [3.05, 3.63) is 54.1 Å². The number of hydrogen-bond acceptors (Lipinski definition) is 4. The summed E-state index contributed by atoms with van der Waals surface area (Å²) in [6, 6.07) is 15.3. The van der Waals surface area contributed by atoms with E-state index in [1.165, 1.54) is 11.3 Å². The number of benzene rings is 2. The number of amides is 1. The molecule has 1 amide bonds. The van der Waals surface area contributed by atoms with Crippen LogP contribution < -0.4 is 14.5 Å². The van der Waals surface area contributed by atoms with Crippen molar-refractivity contribution in [2.45, 2.75) is 43.5 Å². The van der Waals surface area contributed by atoms with Gasteiger partial charge in [-0.25, -0.2) is 13.1 Å². The molecule has 0 spiro atoms. The van der Waals surface area contributed by atoms with Crippen LogP contribution in [0.5, 0.6) is 0 Å². The number of nitrogens with one attached hydrogen (secondary N) is 1. The first-order chi connectivity index (χ1) is 14.0. The van der Waals surface area contributed by atoms with Crippen molar-refractivity contribution in [3.8, 4) is 0 Å².